The van der Waals surface area contributed by atoms with Crippen LogP contribution in [0.25, 0.3) is 11.1 Å². The lowest BCUT2D eigenvalue weighted by Crippen LogP contribution is -2.58. The first-order valence-electron chi connectivity index (χ1n) is 24.4. The predicted molar refractivity (Wildman–Crippen MR) is 274 cm³/mol. The van der Waals surface area contributed by atoms with Gasteiger partial charge in [-0.1, -0.05) is 51.1 Å². The minimum absolute atomic E-state index is 0.0463. The molecular formula is C53H63F2N11O11. The average Bonchev–Trinajstić information content (AvgIpc) is 3.94. The Labute approximate surface area is 442 Å². The van der Waals surface area contributed by atoms with E-state index >= 15 is 4.39 Å². The third-order valence-corrected chi connectivity index (χ3v) is 12.4. The molecule has 8 N–H and O–H groups in total. The van der Waals surface area contributed by atoms with Gasteiger partial charge in [0.05, 0.1) is 25.4 Å². The van der Waals surface area contributed by atoms with Crippen LogP contribution in [0.4, 0.5) is 8.78 Å². The summed E-state index contributed by atoms with van der Waals surface area (Å²) >= 11 is 0. The molecular weight excluding hydrogens is 1000 g/mol. The molecule has 77 heavy (non-hydrogen) atoms. The number of nitrogens with one attached hydrogen (secondary N) is 5. The first-order valence-corrected chi connectivity index (χ1v) is 24.4. The van der Waals surface area contributed by atoms with Gasteiger partial charge in [0.25, 0.3) is 11.8 Å². The zero-order chi connectivity index (χ0) is 56.6. The summed E-state index contributed by atoms with van der Waals surface area (Å²) in [6.45, 7) is 3.91. The summed E-state index contributed by atoms with van der Waals surface area (Å²) in [4.78, 5) is 138. The molecule has 10 amide bonds. The minimum atomic E-state index is -1.74. The van der Waals surface area contributed by atoms with Gasteiger partial charge in [0, 0.05) is 80.8 Å². The van der Waals surface area contributed by atoms with E-state index in [-0.39, 0.29) is 43.7 Å². The van der Waals surface area contributed by atoms with Crippen molar-refractivity contribution in [3.8, 4) is 11.1 Å². The number of aliphatic hydroxyl groups excluding tert-OH is 1. The summed E-state index contributed by atoms with van der Waals surface area (Å²) in [5.41, 5.74) is 6.69. The Balaban J connectivity index is 1.41. The quantitative estimate of drug-likeness (QED) is 0.0332. The van der Waals surface area contributed by atoms with Gasteiger partial charge in [-0.15, -0.1) is 0 Å². The van der Waals surface area contributed by atoms with Crippen molar-refractivity contribution >= 4 is 59.1 Å². The van der Waals surface area contributed by atoms with Crippen molar-refractivity contribution in [2.45, 2.75) is 77.7 Å². The number of benzene rings is 2. The number of aromatic nitrogens is 2. The first-order chi connectivity index (χ1) is 36.5. The third-order valence-electron chi connectivity index (χ3n) is 12.4. The van der Waals surface area contributed by atoms with Gasteiger partial charge in [-0.3, -0.25) is 57.8 Å². The molecule has 0 spiro atoms. The maximum atomic E-state index is 15.4. The van der Waals surface area contributed by atoms with E-state index in [0.717, 1.165) is 40.8 Å². The number of carbonyl (C=O) groups is 10. The van der Waals surface area contributed by atoms with Gasteiger partial charge in [-0.2, -0.15) is 0 Å². The maximum absolute atomic E-state index is 15.4. The average molecular weight is 1070 g/mol. The standard InChI is InChI=1S/C53H63F2N11O11/c1-32(63(5)47(73)27-60-43(69)23-33-15-18-57-19-16-33)50(75)62-40(26-42(56)68)52(77)61-39(51(76)59-21-20-58-44(70)30-66-45(71)13-14-46(66)72)17-22-65(48(74)31-67)49(53(2,3)4)41-24-35(37-25-36(54)11-12-38(37)55)29-64(41)28-34-9-7-6-8-10-34/h6-16,18-19,24-25,29,32,39-40,49,67H,17,20-23,26-28,30-31H2,1-5H3,(H2,56,68)(H,58,70)(H,59,76)(H,60,69)(H,61,77)(H,62,75). The highest BCUT2D eigenvalue weighted by Gasteiger charge is 2.39. The molecule has 2 aromatic carbocycles. The molecule has 410 valence electrons. The summed E-state index contributed by atoms with van der Waals surface area (Å²) in [5.74, 6) is -9.50. The number of pyridine rings is 1. The van der Waals surface area contributed by atoms with Crippen molar-refractivity contribution in [3.63, 3.8) is 0 Å². The molecule has 5 rings (SSSR count). The van der Waals surface area contributed by atoms with Crippen LogP contribution in [0.3, 0.4) is 0 Å². The van der Waals surface area contributed by atoms with Crippen LogP contribution in [0, 0.1) is 17.0 Å². The van der Waals surface area contributed by atoms with Gasteiger partial charge in [0.15, 0.2) is 0 Å². The monoisotopic (exact) mass is 1070 g/mol. The Bertz CT molecular complexity index is 2840. The van der Waals surface area contributed by atoms with Crippen molar-refractivity contribution in [3.05, 3.63) is 126 Å². The number of nitrogens with zero attached hydrogens (tertiary/aromatic N) is 5. The van der Waals surface area contributed by atoms with Crippen molar-refractivity contribution < 1.29 is 61.8 Å². The lowest BCUT2D eigenvalue weighted by atomic mass is 9.82. The Morgan fingerprint density at radius 2 is 1.43 bits per heavy atom. The second kappa shape index (κ2) is 27.2. The van der Waals surface area contributed by atoms with Crippen molar-refractivity contribution in [2.24, 2.45) is 11.1 Å². The summed E-state index contributed by atoms with van der Waals surface area (Å²) in [7, 11) is 1.28. The number of imide groups is 1. The molecule has 0 bridgehead atoms. The van der Waals surface area contributed by atoms with E-state index in [0.29, 0.717) is 16.2 Å². The second-order valence-electron chi connectivity index (χ2n) is 19.2. The fourth-order valence-corrected chi connectivity index (χ4v) is 8.35. The van der Waals surface area contributed by atoms with Crippen molar-refractivity contribution in [1.29, 1.82) is 0 Å². The van der Waals surface area contributed by atoms with Gasteiger partial charge < -0.3 is 51.8 Å². The second-order valence-corrected chi connectivity index (χ2v) is 19.2. The summed E-state index contributed by atoms with van der Waals surface area (Å²) in [5, 5.41) is 22.9. The van der Waals surface area contributed by atoms with Crippen LogP contribution in [0.1, 0.15) is 63.4 Å². The zero-order valence-electron chi connectivity index (χ0n) is 43.2. The molecule has 2 aromatic heterocycles. The number of carbonyl (C=O) groups excluding carboxylic acids is 10. The maximum Gasteiger partial charge on any atom is 0.254 e. The Kier molecular flexibility index (Phi) is 20.9. The van der Waals surface area contributed by atoms with Crippen LogP contribution in [0.5, 0.6) is 0 Å². The summed E-state index contributed by atoms with van der Waals surface area (Å²) < 4.78 is 31.8. The third kappa shape index (κ3) is 16.9. The first kappa shape index (κ1) is 59.2. The van der Waals surface area contributed by atoms with Crippen LogP contribution in [-0.2, 0) is 60.9 Å². The van der Waals surface area contributed by atoms with Gasteiger partial charge in [-0.25, -0.2) is 8.78 Å². The van der Waals surface area contributed by atoms with Crippen LogP contribution in [0.15, 0.2) is 97.5 Å². The number of rotatable bonds is 26. The molecule has 1 aliphatic heterocycles. The molecule has 0 aliphatic carbocycles. The van der Waals surface area contributed by atoms with Gasteiger partial charge >= 0.3 is 0 Å². The number of halogens is 2. The van der Waals surface area contributed by atoms with Gasteiger partial charge in [-0.05, 0) is 66.3 Å². The normalized spacial score (nSPS) is 13.7. The van der Waals surface area contributed by atoms with Crippen molar-refractivity contribution in [2.75, 3.05) is 46.4 Å². The van der Waals surface area contributed by atoms with E-state index < -0.39 is 133 Å². The largest absolute Gasteiger partial charge is 0.387 e. The van der Waals surface area contributed by atoms with E-state index in [9.17, 15) is 57.4 Å². The van der Waals surface area contributed by atoms with Crippen LogP contribution in [0.2, 0.25) is 0 Å². The molecule has 3 heterocycles. The van der Waals surface area contributed by atoms with E-state index in [2.05, 4.69) is 31.6 Å². The van der Waals surface area contributed by atoms with E-state index in [1.54, 1.807) is 49.7 Å². The molecule has 0 saturated heterocycles. The number of hydrogen-bond acceptors (Lipinski definition) is 12. The highest BCUT2D eigenvalue weighted by Crippen LogP contribution is 2.41. The molecule has 0 radical (unpaired) electrons. The number of nitrogens with two attached hydrogens (primary N) is 1. The van der Waals surface area contributed by atoms with Crippen LogP contribution < -0.4 is 32.3 Å². The molecule has 24 heteroatoms. The fraction of sp³-hybridized carbons (Fsp3) is 0.377. The minimum Gasteiger partial charge on any atom is -0.387 e. The molecule has 4 unspecified atom stereocenters. The van der Waals surface area contributed by atoms with E-state index in [4.69, 9.17) is 5.73 Å². The van der Waals surface area contributed by atoms with Crippen LogP contribution in [-0.4, -0.2) is 153 Å². The fourth-order valence-electron chi connectivity index (χ4n) is 8.35. The highest BCUT2D eigenvalue weighted by molar-refractivity contribution is 6.14. The smallest absolute Gasteiger partial charge is 0.254 e. The molecule has 1 aliphatic rings. The number of primary amides is 1. The van der Waals surface area contributed by atoms with E-state index in [1.165, 1.54) is 31.3 Å². The Hall–Kier alpha value is -8.67. The Morgan fingerprint density at radius 1 is 0.779 bits per heavy atom. The lowest BCUT2D eigenvalue weighted by molar-refractivity contribution is -0.141. The number of aliphatic hydroxyl groups is 1. The summed E-state index contributed by atoms with van der Waals surface area (Å²) in [6.07, 6.45) is 5.39. The SMILES string of the molecule is CC(C(=O)NC(CC(N)=O)C(=O)NC(CCN(C(=O)CO)C(c1cc(-c2cc(F)ccc2F)cn1Cc1ccccc1)C(C)(C)C)C(=O)NCCNC(=O)CN1C(=O)C=CC1=O)N(C)C(=O)CNC(=O)Cc1ccncc1. The topological polar surface area (TPSA) is 305 Å². The molecule has 4 aromatic rings. The van der Waals surface area contributed by atoms with E-state index in [1.807, 2.05) is 30.3 Å². The lowest BCUT2D eigenvalue weighted by Gasteiger charge is -2.41. The molecule has 0 fully saturated rings. The van der Waals surface area contributed by atoms with Crippen molar-refractivity contribution in [1.82, 2.24) is 50.8 Å². The number of likely N-dealkylation sites (N-methyl/N-ethyl adjacent to an activating group) is 1. The Morgan fingerprint density at radius 3 is 2.06 bits per heavy atom. The molecule has 0 saturated carbocycles. The van der Waals surface area contributed by atoms with Crippen LogP contribution >= 0.6 is 0 Å². The molecule has 22 nitrogen and oxygen atoms in total. The number of amides is 10. The predicted octanol–water partition coefficient (Wildman–Crippen LogP) is 0.383. The number of hydrogen-bond donors (Lipinski definition) is 7. The highest BCUT2D eigenvalue weighted by atomic mass is 19.1. The summed E-state index contributed by atoms with van der Waals surface area (Å²) in [6, 6.07) is 11.4. The molecule has 4 atom stereocenters. The zero-order valence-corrected chi connectivity index (χ0v) is 43.2. The van der Waals surface area contributed by atoms with Gasteiger partial charge in [0.2, 0.25) is 47.3 Å². The van der Waals surface area contributed by atoms with Gasteiger partial charge in [0.1, 0.15) is 42.9 Å².